The number of terminal acetylenes is 1. The van der Waals surface area contributed by atoms with Crippen LogP contribution in [0.2, 0.25) is 0 Å². The molecule has 1 atom stereocenters. The molecule has 0 aliphatic rings. The largest absolute Gasteiger partial charge is 0.480 e. The molecule has 0 aromatic heterocycles. The van der Waals surface area contributed by atoms with Crippen molar-refractivity contribution in [3.63, 3.8) is 0 Å². The standard InChI is InChI=1S/C11H18N4O3/c1-2-3-6-9(16)15-8(10(17)18)5-4-7-14-11(12)13/h1,8H,3-7H2,(H,15,16)(H,17,18)(H4,12,13,14). The molecule has 100 valence electrons. The Morgan fingerprint density at radius 3 is 2.61 bits per heavy atom. The van der Waals surface area contributed by atoms with Crippen LogP contribution in [-0.4, -0.2) is 35.5 Å². The molecule has 0 rings (SSSR count). The second-order valence-corrected chi connectivity index (χ2v) is 3.61. The van der Waals surface area contributed by atoms with Gasteiger partial charge in [0.1, 0.15) is 6.04 Å². The van der Waals surface area contributed by atoms with Gasteiger partial charge in [0.05, 0.1) is 0 Å². The molecular formula is C11H18N4O3. The van der Waals surface area contributed by atoms with Crippen LogP contribution >= 0.6 is 0 Å². The third-order valence-electron chi connectivity index (χ3n) is 2.08. The van der Waals surface area contributed by atoms with E-state index in [4.69, 9.17) is 23.0 Å². The minimum Gasteiger partial charge on any atom is -0.480 e. The van der Waals surface area contributed by atoms with Crippen molar-refractivity contribution < 1.29 is 14.7 Å². The summed E-state index contributed by atoms with van der Waals surface area (Å²) < 4.78 is 0. The topological polar surface area (TPSA) is 131 Å². The Balaban J connectivity index is 4.08. The van der Waals surface area contributed by atoms with Gasteiger partial charge in [-0.05, 0) is 12.8 Å². The SMILES string of the molecule is C#CCCC(=O)NC(CCCN=C(N)N)C(=O)O. The number of amides is 1. The quantitative estimate of drug-likeness (QED) is 0.191. The molecule has 0 aromatic carbocycles. The van der Waals surface area contributed by atoms with Gasteiger partial charge in [-0.25, -0.2) is 4.79 Å². The minimum absolute atomic E-state index is 0.0417. The summed E-state index contributed by atoms with van der Waals surface area (Å²) in [5.74, 6) is 0.808. The van der Waals surface area contributed by atoms with Gasteiger partial charge in [-0.3, -0.25) is 9.79 Å². The molecule has 6 N–H and O–H groups in total. The molecule has 1 amide bonds. The first kappa shape index (κ1) is 15.8. The van der Waals surface area contributed by atoms with E-state index in [0.29, 0.717) is 13.0 Å². The molecule has 0 spiro atoms. The van der Waals surface area contributed by atoms with Crippen LogP contribution in [0, 0.1) is 12.3 Å². The lowest BCUT2D eigenvalue weighted by atomic mass is 10.1. The van der Waals surface area contributed by atoms with Crippen LogP contribution in [0.15, 0.2) is 4.99 Å². The highest BCUT2D eigenvalue weighted by Crippen LogP contribution is 2.00. The van der Waals surface area contributed by atoms with Crippen molar-refractivity contribution in [2.24, 2.45) is 16.5 Å². The summed E-state index contributed by atoms with van der Waals surface area (Å²) in [5.41, 5.74) is 10.3. The molecule has 0 fully saturated rings. The van der Waals surface area contributed by atoms with Gasteiger partial charge in [0.15, 0.2) is 5.96 Å². The maximum Gasteiger partial charge on any atom is 0.326 e. The van der Waals surface area contributed by atoms with Crippen LogP contribution in [0.5, 0.6) is 0 Å². The number of aliphatic imine (C=N–C) groups is 1. The van der Waals surface area contributed by atoms with Gasteiger partial charge in [-0.2, -0.15) is 0 Å². The van der Waals surface area contributed by atoms with Gasteiger partial charge < -0.3 is 21.9 Å². The van der Waals surface area contributed by atoms with Crippen LogP contribution in [-0.2, 0) is 9.59 Å². The van der Waals surface area contributed by atoms with E-state index < -0.39 is 12.0 Å². The van der Waals surface area contributed by atoms with Gasteiger partial charge in [-0.1, -0.05) is 0 Å². The number of carbonyl (C=O) groups is 2. The summed E-state index contributed by atoms with van der Waals surface area (Å²) in [4.78, 5) is 25.9. The van der Waals surface area contributed by atoms with Crippen LogP contribution < -0.4 is 16.8 Å². The number of carboxylic acid groups (broad SMARTS) is 1. The van der Waals surface area contributed by atoms with E-state index in [1.165, 1.54) is 0 Å². The molecule has 0 saturated carbocycles. The van der Waals surface area contributed by atoms with Crippen molar-refractivity contribution in [3.05, 3.63) is 0 Å². The number of nitrogens with zero attached hydrogens (tertiary/aromatic N) is 1. The zero-order chi connectivity index (χ0) is 14.0. The van der Waals surface area contributed by atoms with Crippen molar-refractivity contribution in [2.75, 3.05) is 6.54 Å². The van der Waals surface area contributed by atoms with Crippen molar-refractivity contribution >= 4 is 17.8 Å². The summed E-state index contributed by atoms with van der Waals surface area (Å²) in [6.07, 6.45) is 6.13. The Labute approximate surface area is 106 Å². The number of nitrogens with two attached hydrogens (primary N) is 2. The molecule has 0 bridgehead atoms. The van der Waals surface area contributed by atoms with E-state index in [1.807, 2.05) is 0 Å². The lowest BCUT2D eigenvalue weighted by molar-refractivity contribution is -0.142. The number of guanidine groups is 1. The lowest BCUT2D eigenvalue weighted by Crippen LogP contribution is -2.40. The predicted molar refractivity (Wildman–Crippen MR) is 67.5 cm³/mol. The van der Waals surface area contributed by atoms with Gasteiger partial charge in [0, 0.05) is 19.4 Å². The Morgan fingerprint density at radius 1 is 1.44 bits per heavy atom. The first-order valence-electron chi connectivity index (χ1n) is 5.48. The van der Waals surface area contributed by atoms with E-state index in [9.17, 15) is 9.59 Å². The highest BCUT2D eigenvalue weighted by molar-refractivity contribution is 5.83. The zero-order valence-electron chi connectivity index (χ0n) is 10.1. The van der Waals surface area contributed by atoms with Crippen molar-refractivity contribution in [2.45, 2.75) is 31.7 Å². The van der Waals surface area contributed by atoms with E-state index in [2.05, 4.69) is 16.2 Å². The first-order valence-corrected chi connectivity index (χ1v) is 5.48. The predicted octanol–water partition coefficient (Wildman–Crippen LogP) is -0.977. The third kappa shape index (κ3) is 7.98. The zero-order valence-corrected chi connectivity index (χ0v) is 10.1. The molecule has 0 radical (unpaired) electrons. The Hall–Kier alpha value is -2.23. The molecule has 0 aliphatic carbocycles. The maximum atomic E-state index is 11.3. The molecule has 7 heteroatoms. The van der Waals surface area contributed by atoms with Crippen LogP contribution in [0.4, 0.5) is 0 Å². The summed E-state index contributed by atoms with van der Waals surface area (Å²) in [7, 11) is 0. The first-order chi connectivity index (χ1) is 8.47. The number of hydrogen-bond donors (Lipinski definition) is 4. The molecule has 18 heavy (non-hydrogen) atoms. The lowest BCUT2D eigenvalue weighted by Gasteiger charge is -2.13. The second kappa shape index (κ2) is 8.87. The van der Waals surface area contributed by atoms with Crippen molar-refractivity contribution in [3.8, 4) is 12.3 Å². The summed E-state index contributed by atoms with van der Waals surface area (Å²) in [5, 5.41) is 11.3. The van der Waals surface area contributed by atoms with E-state index >= 15 is 0 Å². The monoisotopic (exact) mass is 254 g/mol. The Morgan fingerprint density at radius 2 is 2.11 bits per heavy atom. The molecule has 1 unspecified atom stereocenters. The van der Waals surface area contributed by atoms with E-state index in [0.717, 1.165) is 0 Å². The number of nitrogens with one attached hydrogen (secondary N) is 1. The fourth-order valence-electron chi connectivity index (χ4n) is 1.21. The molecule has 0 heterocycles. The summed E-state index contributed by atoms with van der Waals surface area (Å²) in [6, 6.07) is -0.940. The van der Waals surface area contributed by atoms with Crippen molar-refractivity contribution in [1.29, 1.82) is 0 Å². The van der Waals surface area contributed by atoms with Crippen LogP contribution in [0.3, 0.4) is 0 Å². The Bertz CT molecular complexity index is 356. The minimum atomic E-state index is -1.09. The number of hydrogen-bond acceptors (Lipinski definition) is 3. The van der Waals surface area contributed by atoms with Gasteiger partial charge in [0.25, 0.3) is 0 Å². The molecule has 0 aromatic rings. The van der Waals surface area contributed by atoms with Gasteiger partial charge in [-0.15, -0.1) is 12.3 Å². The van der Waals surface area contributed by atoms with Crippen molar-refractivity contribution in [1.82, 2.24) is 5.32 Å². The maximum absolute atomic E-state index is 11.3. The van der Waals surface area contributed by atoms with Gasteiger partial charge >= 0.3 is 5.97 Å². The number of carbonyl (C=O) groups excluding carboxylic acids is 1. The Kier molecular flexibility index (Phi) is 7.77. The summed E-state index contributed by atoms with van der Waals surface area (Å²) >= 11 is 0. The average Bonchev–Trinajstić information content (AvgIpc) is 2.29. The number of rotatable bonds is 8. The smallest absolute Gasteiger partial charge is 0.326 e. The van der Waals surface area contributed by atoms with Crippen LogP contribution in [0.1, 0.15) is 25.7 Å². The highest BCUT2D eigenvalue weighted by Gasteiger charge is 2.18. The van der Waals surface area contributed by atoms with Gasteiger partial charge in [0.2, 0.25) is 5.91 Å². The van der Waals surface area contributed by atoms with E-state index in [-0.39, 0.29) is 31.1 Å². The molecule has 7 nitrogen and oxygen atoms in total. The molecular weight excluding hydrogens is 236 g/mol. The third-order valence-corrected chi connectivity index (χ3v) is 2.08. The summed E-state index contributed by atoms with van der Waals surface area (Å²) in [6.45, 7) is 0.326. The number of aliphatic carboxylic acids is 1. The van der Waals surface area contributed by atoms with E-state index in [1.54, 1.807) is 0 Å². The second-order valence-electron chi connectivity index (χ2n) is 3.61. The van der Waals surface area contributed by atoms with Crippen LogP contribution in [0.25, 0.3) is 0 Å². The highest BCUT2D eigenvalue weighted by atomic mass is 16.4. The normalized spacial score (nSPS) is 11.1. The number of carboxylic acids is 1. The fraction of sp³-hybridized carbons (Fsp3) is 0.545. The molecule has 0 aliphatic heterocycles. The fourth-order valence-corrected chi connectivity index (χ4v) is 1.21. The molecule has 0 saturated heterocycles. The average molecular weight is 254 g/mol.